The number of non-ortho nitro benzene ring substituents is 1. The SMILES string of the molecule is CC(N=Nc1ccc(Br)cc1)c1ccc([N+](=O)[O-])cc1. The molecule has 0 aliphatic rings. The van der Waals surface area contributed by atoms with Gasteiger partial charge in [0.1, 0.15) is 0 Å². The number of rotatable bonds is 4. The van der Waals surface area contributed by atoms with Crippen LogP contribution in [0.3, 0.4) is 0 Å². The van der Waals surface area contributed by atoms with Crippen molar-refractivity contribution in [2.24, 2.45) is 10.2 Å². The molecule has 0 saturated heterocycles. The number of nitro benzene ring substituents is 1. The van der Waals surface area contributed by atoms with Crippen LogP contribution in [-0.4, -0.2) is 4.92 Å². The number of azo groups is 1. The van der Waals surface area contributed by atoms with Crippen molar-refractivity contribution in [1.29, 1.82) is 0 Å². The monoisotopic (exact) mass is 333 g/mol. The highest BCUT2D eigenvalue weighted by atomic mass is 79.9. The summed E-state index contributed by atoms with van der Waals surface area (Å²) in [4.78, 5) is 10.2. The second kappa shape index (κ2) is 6.38. The molecule has 2 rings (SSSR count). The van der Waals surface area contributed by atoms with E-state index in [0.717, 1.165) is 15.7 Å². The second-order valence-corrected chi connectivity index (χ2v) is 5.13. The van der Waals surface area contributed by atoms with E-state index in [9.17, 15) is 10.1 Å². The lowest BCUT2D eigenvalue weighted by Crippen LogP contribution is -1.91. The first kappa shape index (κ1) is 14.3. The van der Waals surface area contributed by atoms with E-state index in [-0.39, 0.29) is 11.7 Å². The second-order valence-electron chi connectivity index (χ2n) is 4.22. The first-order chi connectivity index (χ1) is 9.56. The molecule has 0 amide bonds. The van der Waals surface area contributed by atoms with Gasteiger partial charge in [-0.1, -0.05) is 15.9 Å². The third-order valence-corrected chi connectivity index (χ3v) is 3.29. The summed E-state index contributed by atoms with van der Waals surface area (Å²) in [6.45, 7) is 1.89. The minimum absolute atomic E-state index is 0.0748. The van der Waals surface area contributed by atoms with E-state index in [4.69, 9.17) is 0 Å². The molecule has 1 atom stereocenters. The number of halogens is 1. The molecule has 2 aromatic carbocycles. The van der Waals surface area contributed by atoms with Gasteiger partial charge in [-0.15, -0.1) is 0 Å². The Balaban J connectivity index is 2.09. The van der Waals surface area contributed by atoms with Gasteiger partial charge in [0, 0.05) is 16.6 Å². The van der Waals surface area contributed by atoms with E-state index < -0.39 is 4.92 Å². The minimum Gasteiger partial charge on any atom is -0.258 e. The lowest BCUT2D eigenvalue weighted by Gasteiger charge is -2.04. The zero-order valence-electron chi connectivity index (χ0n) is 10.7. The van der Waals surface area contributed by atoms with E-state index in [1.165, 1.54) is 12.1 Å². The molecule has 0 spiro atoms. The van der Waals surface area contributed by atoms with Crippen LogP contribution in [0.2, 0.25) is 0 Å². The van der Waals surface area contributed by atoms with Crippen molar-refractivity contribution in [2.45, 2.75) is 13.0 Å². The molecule has 20 heavy (non-hydrogen) atoms. The van der Waals surface area contributed by atoms with Crippen LogP contribution in [0.4, 0.5) is 11.4 Å². The zero-order chi connectivity index (χ0) is 14.5. The summed E-state index contributed by atoms with van der Waals surface area (Å²) in [7, 11) is 0. The Bertz CT molecular complexity index is 624. The molecule has 2 aromatic rings. The molecular formula is C14H12BrN3O2. The average molecular weight is 334 g/mol. The van der Waals surface area contributed by atoms with Gasteiger partial charge in [-0.25, -0.2) is 0 Å². The summed E-state index contributed by atoms with van der Waals surface area (Å²) in [6, 6.07) is 13.7. The summed E-state index contributed by atoms with van der Waals surface area (Å²) >= 11 is 3.35. The van der Waals surface area contributed by atoms with Gasteiger partial charge < -0.3 is 0 Å². The smallest absolute Gasteiger partial charge is 0.258 e. The van der Waals surface area contributed by atoms with Gasteiger partial charge in [-0.05, 0) is 48.9 Å². The first-order valence-electron chi connectivity index (χ1n) is 5.97. The molecular weight excluding hydrogens is 322 g/mol. The Hall–Kier alpha value is -2.08. The summed E-state index contributed by atoms with van der Waals surface area (Å²) in [5.74, 6) is 0. The van der Waals surface area contributed by atoms with Crippen LogP contribution in [0, 0.1) is 10.1 Å². The average Bonchev–Trinajstić information content (AvgIpc) is 2.46. The summed E-state index contributed by atoms with van der Waals surface area (Å²) < 4.78 is 0.986. The number of hydrogen-bond donors (Lipinski definition) is 0. The largest absolute Gasteiger partial charge is 0.269 e. The quantitative estimate of drug-likeness (QED) is 0.438. The molecule has 0 aromatic heterocycles. The molecule has 6 heteroatoms. The van der Waals surface area contributed by atoms with Crippen molar-refractivity contribution in [2.75, 3.05) is 0 Å². The van der Waals surface area contributed by atoms with Gasteiger partial charge >= 0.3 is 0 Å². The highest BCUT2D eigenvalue weighted by Crippen LogP contribution is 2.23. The standard InChI is InChI=1S/C14H12BrN3O2/c1-10(11-2-8-14(9-3-11)18(19)20)16-17-13-6-4-12(15)5-7-13/h2-10H,1H3. The molecule has 0 N–H and O–H groups in total. The van der Waals surface area contributed by atoms with Gasteiger partial charge in [0.15, 0.2) is 0 Å². The minimum atomic E-state index is -0.419. The van der Waals surface area contributed by atoms with E-state index >= 15 is 0 Å². The summed E-state index contributed by atoms with van der Waals surface area (Å²) in [5.41, 5.74) is 1.73. The van der Waals surface area contributed by atoms with Gasteiger partial charge in [-0.3, -0.25) is 10.1 Å². The summed E-state index contributed by atoms with van der Waals surface area (Å²) in [5, 5.41) is 18.9. The van der Waals surface area contributed by atoms with Crippen LogP contribution in [-0.2, 0) is 0 Å². The van der Waals surface area contributed by atoms with Crippen molar-refractivity contribution in [1.82, 2.24) is 0 Å². The molecule has 102 valence electrons. The molecule has 0 bridgehead atoms. The van der Waals surface area contributed by atoms with Crippen LogP contribution in [0.15, 0.2) is 63.2 Å². The van der Waals surface area contributed by atoms with Gasteiger partial charge in [0.2, 0.25) is 0 Å². The molecule has 0 fully saturated rings. The predicted octanol–water partition coefficient (Wildman–Crippen LogP) is 5.20. The Morgan fingerprint density at radius 3 is 2.25 bits per heavy atom. The topological polar surface area (TPSA) is 67.9 Å². The Kier molecular flexibility index (Phi) is 4.57. The predicted molar refractivity (Wildman–Crippen MR) is 80.2 cm³/mol. The Morgan fingerprint density at radius 2 is 1.70 bits per heavy atom. The van der Waals surface area contributed by atoms with Crippen molar-refractivity contribution in [3.8, 4) is 0 Å². The fourth-order valence-electron chi connectivity index (χ4n) is 1.60. The van der Waals surface area contributed by atoms with Gasteiger partial charge in [0.25, 0.3) is 5.69 Å². The Morgan fingerprint density at radius 1 is 1.10 bits per heavy atom. The molecule has 0 radical (unpaired) electrons. The van der Waals surface area contributed by atoms with Crippen molar-refractivity contribution >= 4 is 27.3 Å². The third kappa shape index (κ3) is 3.71. The molecule has 0 aliphatic heterocycles. The lowest BCUT2D eigenvalue weighted by atomic mass is 10.1. The molecule has 5 nitrogen and oxygen atoms in total. The van der Waals surface area contributed by atoms with Crippen LogP contribution in [0.5, 0.6) is 0 Å². The van der Waals surface area contributed by atoms with Crippen LogP contribution >= 0.6 is 15.9 Å². The molecule has 1 unspecified atom stereocenters. The maximum absolute atomic E-state index is 10.6. The fourth-order valence-corrected chi connectivity index (χ4v) is 1.87. The van der Waals surface area contributed by atoms with E-state index in [0.29, 0.717) is 0 Å². The molecule has 0 saturated carbocycles. The fraction of sp³-hybridized carbons (Fsp3) is 0.143. The molecule has 0 aliphatic carbocycles. The Labute approximate surface area is 124 Å². The van der Waals surface area contributed by atoms with Crippen LogP contribution in [0.25, 0.3) is 0 Å². The first-order valence-corrected chi connectivity index (χ1v) is 6.76. The number of nitrogens with zero attached hydrogens (tertiary/aromatic N) is 3. The normalized spacial score (nSPS) is 12.5. The maximum Gasteiger partial charge on any atom is 0.269 e. The van der Waals surface area contributed by atoms with E-state index in [2.05, 4.69) is 26.2 Å². The molecule has 0 heterocycles. The van der Waals surface area contributed by atoms with Crippen LogP contribution in [0.1, 0.15) is 18.5 Å². The zero-order valence-corrected chi connectivity index (χ0v) is 12.3. The van der Waals surface area contributed by atoms with E-state index in [1.807, 2.05) is 31.2 Å². The maximum atomic E-state index is 10.6. The van der Waals surface area contributed by atoms with Crippen molar-refractivity contribution < 1.29 is 4.92 Å². The van der Waals surface area contributed by atoms with Crippen molar-refractivity contribution in [3.63, 3.8) is 0 Å². The number of benzene rings is 2. The van der Waals surface area contributed by atoms with Gasteiger partial charge in [-0.2, -0.15) is 10.2 Å². The number of nitro groups is 1. The highest BCUT2D eigenvalue weighted by Gasteiger charge is 2.08. The lowest BCUT2D eigenvalue weighted by molar-refractivity contribution is -0.384. The summed E-state index contributed by atoms with van der Waals surface area (Å²) in [6.07, 6.45) is 0. The number of hydrogen-bond acceptors (Lipinski definition) is 4. The van der Waals surface area contributed by atoms with E-state index in [1.54, 1.807) is 12.1 Å². The third-order valence-electron chi connectivity index (χ3n) is 2.76. The van der Waals surface area contributed by atoms with Crippen molar-refractivity contribution in [3.05, 3.63) is 68.7 Å². The van der Waals surface area contributed by atoms with Gasteiger partial charge in [0.05, 0.1) is 16.7 Å². The highest BCUT2D eigenvalue weighted by molar-refractivity contribution is 9.10. The van der Waals surface area contributed by atoms with Crippen LogP contribution < -0.4 is 0 Å².